The third kappa shape index (κ3) is 3.08. The summed E-state index contributed by atoms with van der Waals surface area (Å²) in [5.74, 6) is -0.410. The predicted octanol–water partition coefficient (Wildman–Crippen LogP) is 5.62. The third-order valence-electron chi connectivity index (χ3n) is 3.17. The van der Waals surface area contributed by atoms with Gasteiger partial charge >= 0.3 is 0 Å². The summed E-state index contributed by atoms with van der Waals surface area (Å²) in [5.41, 5.74) is 2.84. The molecule has 20 heavy (non-hydrogen) atoms. The van der Waals surface area contributed by atoms with Crippen LogP contribution in [0.3, 0.4) is 0 Å². The fraction of sp³-hybridized carbons (Fsp3) is 0.200. The van der Waals surface area contributed by atoms with E-state index in [2.05, 4.69) is 37.2 Å². The maximum Gasteiger partial charge on any atom is 0.142 e. The van der Waals surface area contributed by atoms with Crippen molar-refractivity contribution < 1.29 is 4.39 Å². The Balaban J connectivity index is 2.58. The number of halogens is 4. The van der Waals surface area contributed by atoms with E-state index in [4.69, 9.17) is 11.6 Å². The first kappa shape index (κ1) is 16.0. The lowest BCUT2D eigenvalue weighted by Crippen LogP contribution is -2.19. The largest absolute Gasteiger partial charge is 0.309 e. The molecule has 1 nitrogen and oxygen atoms in total. The second-order valence-corrected chi connectivity index (χ2v) is 6.57. The standard InChI is InChI=1S/C15H13Br2ClFN/c1-8-6-12(17)10(7-11(8)16)15(20-2)9-4-3-5-13(19)14(9)18/h3-7,15,20H,1-2H3. The van der Waals surface area contributed by atoms with Crippen molar-refractivity contribution in [2.45, 2.75) is 13.0 Å². The molecule has 0 aliphatic carbocycles. The van der Waals surface area contributed by atoms with E-state index in [1.165, 1.54) is 6.07 Å². The first-order valence-corrected chi connectivity index (χ1v) is 7.98. The maximum absolute atomic E-state index is 13.7. The smallest absolute Gasteiger partial charge is 0.142 e. The lowest BCUT2D eigenvalue weighted by atomic mass is 9.98. The van der Waals surface area contributed by atoms with Gasteiger partial charge in [-0.2, -0.15) is 0 Å². The highest BCUT2D eigenvalue weighted by Crippen LogP contribution is 2.36. The SMILES string of the molecule is CNC(c1cc(Br)c(C)cc1Br)c1cccc(F)c1Cl. The van der Waals surface area contributed by atoms with Crippen molar-refractivity contribution in [2.24, 2.45) is 0 Å². The average Bonchev–Trinajstić information content (AvgIpc) is 2.41. The van der Waals surface area contributed by atoms with Gasteiger partial charge in [-0.25, -0.2) is 4.39 Å². The number of hydrogen-bond acceptors (Lipinski definition) is 1. The summed E-state index contributed by atoms with van der Waals surface area (Å²) < 4.78 is 15.6. The summed E-state index contributed by atoms with van der Waals surface area (Å²) >= 11 is 13.2. The summed E-state index contributed by atoms with van der Waals surface area (Å²) in [6.07, 6.45) is 0. The van der Waals surface area contributed by atoms with E-state index >= 15 is 0 Å². The van der Waals surface area contributed by atoms with Gasteiger partial charge in [-0.15, -0.1) is 0 Å². The molecule has 1 N–H and O–H groups in total. The van der Waals surface area contributed by atoms with Gasteiger partial charge in [0, 0.05) is 8.95 Å². The second kappa shape index (κ2) is 6.56. The molecule has 0 spiro atoms. The van der Waals surface area contributed by atoms with Gasteiger partial charge in [0.25, 0.3) is 0 Å². The van der Waals surface area contributed by atoms with Crippen molar-refractivity contribution in [3.05, 3.63) is 66.8 Å². The van der Waals surface area contributed by atoms with E-state index in [0.29, 0.717) is 5.56 Å². The molecule has 0 fully saturated rings. The zero-order valence-electron chi connectivity index (χ0n) is 11.0. The summed E-state index contributed by atoms with van der Waals surface area (Å²) in [7, 11) is 1.83. The zero-order chi connectivity index (χ0) is 14.9. The van der Waals surface area contributed by atoms with Gasteiger partial charge in [0.15, 0.2) is 0 Å². The average molecular weight is 422 g/mol. The molecule has 2 rings (SSSR count). The van der Waals surface area contributed by atoms with Gasteiger partial charge in [0.1, 0.15) is 5.82 Å². The van der Waals surface area contributed by atoms with E-state index in [1.54, 1.807) is 6.07 Å². The molecule has 0 saturated carbocycles. The molecule has 1 atom stereocenters. The van der Waals surface area contributed by atoms with Gasteiger partial charge in [-0.3, -0.25) is 0 Å². The Hall–Kier alpha value is -0.420. The lowest BCUT2D eigenvalue weighted by Gasteiger charge is -2.21. The van der Waals surface area contributed by atoms with Crippen molar-refractivity contribution >= 4 is 43.5 Å². The molecule has 0 radical (unpaired) electrons. The third-order valence-corrected chi connectivity index (χ3v) is 5.11. The van der Waals surface area contributed by atoms with E-state index < -0.39 is 5.82 Å². The molecule has 0 bridgehead atoms. The molecule has 1 unspecified atom stereocenters. The van der Waals surface area contributed by atoms with Crippen molar-refractivity contribution in [3.63, 3.8) is 0 Å². The van der Waals surface area contributed by atoms with Gasteiger partial charge in [0.2, 0.25) is 0 Å². The molecule has 5 heteroatoms. The molecule has 0 aliphatic rings. The van der Waals surface area contributed by atoms with Crippen LogP contribution in [0.25, 0.3) is 0 Å². The number of aryl methyl sites for hydroxylation is 1. The Labute approximate surface area is 139 Å². The van der Waals surface area contributed by atoms with Crippen molar-refractivity contribution in [1.29, 1.82) is 0 Å². The van der Waals surface area contributed by atoms with Crippen LogP contribution in [0.4, 0.5) is 4.39 Å². The monoisotopic (exact) mass is 419 g/mol. The number of benzene rings is 2. The van der Waals surface area contributed by atoms with Crippen LogP contribution in [-0.2, 0) is 0 Å². The van der Waals surface area contributed by atoms with Crippen molar-refractivity contribution in [2.75, 3.05) is 7.05 Å². The Morgan fingerprint density at radius 2 is 1.85 bits per heavy atom. The molecule has 2 aromatic carbocycles. The fourth-order valence-electron chi connectivity index (χ4n) is 2.10. The minimum absolute atomic E-state index is 0.149. The van der Waals surface area contributed by atoms with Gasteiger partial charge < -0.3 is 5.32 Å². The number of nitrogens with one attached hydrogen (secondary N) is 1. The number of rotatable bonds is 3. The zero-order valence-corrected chi connectivity index (χ0v) is 14.9. The predicted molar refractivity (Wildman–Crippen MR) is 88.9 cm³/mol. The molecule has 0 aliphatic heterocycles. The molecular weight excluding hydrogens is 408 g/mol. The lowest BCUT2D eigenvalue weighted by molar-refractivity contribution is 0.617. The number of hydrogen-bond donors (Lipinski definition) is 1. The van der Waals surface area contributed by atoms with Crippen LogP contribution in [0.5, 0.6) is 0 Å². The Kier molecular flexibility index (Phi) is 5.24. The van der Waals surface area contributed by atoms with Crippen molar-refractivity contribution in [3.8, 4) is 0 Å². The van der Waals surface area contributed by atoms with Crippen LogP contribution >= 0.6 is 43.5 Å². The minimum Gasteiger partial charge on any atom is -0.309 e. The quantitative estimate of drug-likeness (QED) is 0.678. The Morgan fingerprint density at radius 1 is 1.15 bits per heavy atom. The highest BCUT2D eigenvalue weighted by Gasteiger charge is 2.20. The first-order valence-electron chi connectivity index (χ1n) is 6.02. The molecular formula is C15H13Br2ClFN. The minimum atomic E-state index is -0.410. The fourth-order valence-corrected chi connectivity index (χ4v) is 3.39. The van der Waals surface area contributed by atoms with E-state index in [1.807, 2.05) is 32.2 Å². The van der Waals surface area contributed by atoms with Crippen molar-refractivity contribution in [1.82, 2.24) is 5.32 Å². The van der Waals surface area contributed by atoms with E-state index in [0.717, 1.165) is 20.1 Å². The van der Waals surface area contributed by atoms with Crippen LogP contribution in [0, 0.1) is 12.7 Å². The molecule has 0 aromatic heterocycles. The molecule has 0 amide bonds. The van der Waals surface area contributed by atoms with Crippen LogP contribution < -0.4 is 5.32 Å². The second-order valence-electron chi connectivity index (χ2n) is 4.49. The van der Waals surface area contributed by atoms with Crippen LogP contribution in [0.2, 0.25) is 5.02 Å². The van der Waals surface area contributed by atoms with E-state index in [9.17, 15) is 4.39 Å². The van der Waals surface area contributed by atoms with Crippen LogP contribution in [0.1, 0.15) is 22.7 Å². The van der Waals surface area contributed by atoms with Gasteiger partial charge in [-0.05, 0) is 48.9 Å². The van der Waals surface area contributed by atoms with Gasteiger partial charge in [-0.1, -0.05) is 55.6 Å². The normalized spacial score (nSPS) is 12.5. The molecule has 0 saturated heterocycles. The maximum atomic E-state index is 13.7. The molecule has 106 valence electrons. The Bertz CT molecular complexity index is 646. The van der Waals surface area contributed by atoms with Crippen LogP contribution in [-0.4, -0.2) is 7.05 Å². The van der Waals surface area contributed by atoms with Crippen LogP contribution in [0.15, 0.2) is 39.3 Å². The topological polar surface area (TPSA) is 12.0 Å². The molecule has 2 aromatic rings. The highest BCUT2D eigenvalue weighted by molar-refractivity contribution is 9.11. The summed E-state index contributed by atoms with van der Waals surface area (Å²) in [6.45, 7) is 2.02. The molecule has 0 heterocycles. The summed E-state index contributed by atoms with van der Waals surface area (Å²) in [4.78, 5) is 0. The highest BCUT2D eigenvalue weighted by atomic mass is 79.9. The van der Waals surface area contributed by atoms with E-state index in [-0.39, 0.29) is 11.1 Å². The Morgan fingerprint density at radius 3 is 2.50 bits per heavy atom. The van der Waals surface area contributed by atoms with Gasteiger partial charge in [0.05, 0.1) is 11.1 Å². The summed E-state index contributed by atoms with van der Waals surface area (Å²) in [5, 5.41) is 3.34. The summed E-state index contributed by atoms with van der Waals surface area (Å²) in [6, 6.07) is 8.70. The first-order chi connectivity index (χ1) is 9.45.